The van der Waals surface area contributed by atoms with Crippen molar-refractivity contribution >= 4 is 16.9 Å². The molecule has 0 saturated heterocycles. The quantitative estimate of drug-likeness (QED) is 0.307. The summed E-state index contributed by atoms with van der Waals surface area (Å²) < 4.78 is 34.7. The number of aryl methyl sites for hydroxylation is 2. The van der Waals surface area contributed by atoms with Gasteiger partial charge in [0.05, 0.1) is 16.5 Å². The Labute approximate surface area is 201 Å². The van der Waals surface area contributed by atoms with Gasteiger partial charge in [-0.05, 0) is 80.0 Å². The minimum Gasteiger partial charge on any atom is -0.478 e. The molecule has 4 rings (SSSR count). The predicted octanol–water partition coefficient (Wildman–Crippen LogP) is 7.18. The SMILES string of the molecule is Cc1cc([C@@H](C)CCCc2cccc(F)c2C(=O)O)c2oc(-c3ccccc3F)c(C)c(=O)c2c1. The van der Waals surface area contributed by atoms with Crippen molar-refractivity contribution in [3.63, 3.8) is 0 Å². The highest BCUT2D eigenvalue weighted by atomic mass is 19.1. The summed E-state index contributed by atoms with van der Waals surface area (Å²) in [5, 5.41) is 9.81. The van der Waals surface area contributed by atoms with Crippen molar-refractivity contribution in [2.45, 2.75) is 46.0 Å². The van der Waals surface area contributed by atoms with Crippen LogP contribution in [0.5, 0.6) is 0 Å². The van der Waals surface area contributed by atoms with E-state index >= 15 is 0 Å². The van der Waals surface area contributed by atoms with Crippen molar-refractivity contribution < 1.29 is 23.1 Å². The molecule has 1 aromatic heterocycles. The van der Waals surface area contributed by atoms with Crippen LogP contribution < -0.4 is 5.43 Å². The number of rotatable bonds is 7. The number of benzene rings is 3. The van der Waals surface area contributed by atoms with Gasteiger partial charge in [-0.15, -0.1) is 0 Å². The van der Waals surface area contributed by atoms with Gasteiger partial charge in [-0.2, -0.15) is 0 Å². The van der Waals surface area contributed by atoms with Crippen LogP contribution in [0.15, 0.2) is 63.8 Å². The van der Waals surface area contributed by atoms with E-state index in [0.29, 0.717) is 41.4 Å². The van der Waals surface area contributed by atoms with Crippen LogP contribution in [-0.2, 0) is 6.42 Å². The largest absolute Gasteiger partial charge is 0.478 e. The predicted molar refractivity (Wildman–Crippen MR) is 132 cm³/mol. The molecule has 0 amide bonds. The zero-order chi connectivity index (χ0) is 25.3. The summed E-state index contributed by atoms with van der Waals surface area (Å²) in [6.45, 7) is 5.54. The lowest BCUT2D eigenvalue weighted by molar-refractivity contribution is 0.0690. The molecule has 0 aliphatic carbocycles. The smallest absolute Gasteiger partial charge is 0.338 e. The molecule has 0 aliphatic rings. The maximum absolute atomic E-state index is 14.5. The molecule has 180 valence electrons. The molecule has 35 heavy (non-hydrogen) atoms. The summed E-state index contributed by atoms with van der Waals surface area (Å²) in [5.41, 5.74) is 2.69. The topological polar surface area (TPSA) is 67.5 Å². The number of fused-ring (bicyclic) bond motifs is 1. The number of halogens is 2. The molecule has 3 aromatic carbocycles. The van der Waals surface area contributed by atoms with Crippen LogP contribution in [0, 0.1) is 25.5 Å². The Bertz CT molecular complexity index is 1490. The van der Waals surface area contributed by atoms with E-state index in [1.807, 2.05) is 19.9 Å². The second-order valence-corrected chi connectivity index (χ2v) is 8.97. The monoisotopic (exact) mass is 476 g/mol. The summed E-state index contributed by atoms with van der Waals surface area (Å²) in [6, 6.07) is 14.2. The van der Waals surface area contributed by atoms with Crippen molar-refractivity contribution in [2.24, 2.45) is 0 Å². The second kappa shape index (κ2) is 9.82. The van der Waals surface area contributed by atoms with E-state index in [0.717, 1.165) is 17.2 Å². The molecule has 0 unspecified atom stereocenters. The maximum atomic E-state index is 14.5. The number of carboxylic acids is 1. The van der Waals surface area contributed by atoms with E-state index in [4.69, 9.17) is 4.42 Å². The van der Waals surface area contributed by atoms with Gasteiger partial charge in [0.25, 0.3) is 0 Å². The molecule has 0 saturated carbocycles. The molecule has 1 heterocycles. The molecule has 1 N–H and O–H groups in total. The Morgan fingerprint density at radius 1 is 1.03 bits per heavy atom. The van der Waals surface area contributed by atoms with Crippen LogP contribution >= 0.6 is 0 Å². The third-order valence-electron chi connectivity index (χ3n) is 6.44. The lowest BCUT2D eigenvalue weighted by Gasteiger charge is -2.17. The first-order valence-corrected chi connectivity index (χ1v) is 11.5. The van der Waals surface area contributed by atoms with E-state index in [9.17, 15) is 23.5 Å². The van der Waals surface area contributed by atoms with Crippen molar-refractivity contribution in [1.29, 1.82) is 0 Å². The lowest BCUT2D eigenvalue weighted by atomic mass is 9.90. The fourth-order valence-corrected chi connectivity index (χ4v) is 4.61. The van der Waals surface area contributed by atoms with Crippen LogP contribution in [0.2, 0.25) is 0 Å². The zero-order valence-electron chi connectivity index (χ0n) is 19.8. The molecular weight excluding hydrogens is 450 g/mol. The summed E-state index contributed by atoms with van der Waals surface area (Å²) >= 11 is 0. The highest BCUT2D eigenvalue weighted by Gasteiger charge is 2.21. The van der Waals surface area contributed by atoms with Crippen molar-refractivity contribution in [3.8, 4) is 11.3 Å². The Kier molecular flexibility index (Phi) is 6.83. The fourth-order valence-electron chi connectivity index (χ4n) is 4.61. The number of carbonyl (C=O) groups is 1. The number of aromatic carboxylic acids is 1. The minimum absolute atomic E-state index is 0.0430. The Morgan fingerprint density at radius 3 is 2.46 bits per heavy atom. The third kappa shape index (κ3) is 4.74. The molecule has 6 heteroatoms. The van der Waals surface area contributed by atoms with E-state index in [2.05, 4.69) is 0 Å². The molecule has 0 spiro atoms. The van der Waals surface area contributed by atoms with Crippen molar-refractivity contribution in [1.82, 2.24) is 0 Å². The average molecular weight is 477 g/mol. The molecule has 4 aromatic rings. The lowest BCUT2D eigenvalue weighted by Crippen LogP contribution is -2.10. The molecule has 0 radical (unpaired) electrons. The third-order valence-corrected chi connectivity index (χ3v) is 6.44. The Morgan fingerprint density at radius 2 is 1.74 bits per heavy atom. The molecule has 0 bridgehead atoms. The molecule has 0 aliphatic heterocycles. The van der Waals surface area contributed by atoms with E-state index < -0.39 is 17.6 Å². The summed E-state index contributed by atoms with van der Waals surface area (Å²) in [5.74, 6) is -2.33. The van der Waals surface area contributed by atoms with Gasteiger partial charge in [-0.25, -0.2) is 13.6 Å². The minimum atomic E-state index is -1.28. The van der Waals surface area contributed by atoms with Gasteiger partial charge in [-0.1, -0.05) is 37.3 Å². The van der Waals surface area contributed by atoms with Gasteiger partial charge < -0.3 is 9.52 Å². The highest BCUT2D eigenvalue weighted by molar-refractivity contribution is 5.89. The van der Waals surface area contributed by atoms with Crippen LogP contribution in [0.3, 0.4) is 0 Å². The first-order valence-electron chi connectivity index (χ1n) is 11.5. The van der Waals surface area contributed by atoms with Gasteiger partial charge in [-0.3, -0.25) is 4.79 Å². The zero-order valence-corrected chi connectivity index (χ0v) is 19.8. The number of carboxylic acid groups (broad SMARTS) is 1. The summed E-state index contributed by atoms with van der Waals surface area (Å²) in [7, 11) is 0. The van der Waals surface area contributed by atoms with Crippen molar-refractivity contribution in [2.75, 3.05) is 0 Å². The van der Waals surface area contributed by atoms with Gasteiger partial charge >= 0.3 is 5.97 Å². The Hall–Kier alpha value is -3.80. The maximum Gasteiger partial charge on any atom is 0.338 e. The molecular formula is C29H26F2O4. The number of hydrogen-bond donors (Lipinski definition) is 1. The van der Waals surface area contributed by atoms with E-state index in [1.54, 1.807) is 37.3 Å². The first-order chi connectivity index (χ1) is 16.7. The molecule has 0 fully saturated rings. The summed E-state index contributed by atoms with van der Waals surface area (Å²) in [4.78, 5) is 24.7. The average Bonchev–Trinajstić information content (AvgIpc) is 2.81. The van der Waals surface area contributed by atoms with Crippen LogP contribution in [0.4, 0.5) is 8.78 Å². The molecule has 4 nitrogen and oxygen atoms in total. The standard InChI is InChI=1S/C29H26F2O4/c1-16-14-21(17(2)8-6-9-19-10-7-13-24(31)25(19)29(33)34)28-22(15-16)26(32)18(3)27(35-28)20-11-4-5-12-23(20)30/h4-5,7,10-15,17H,6,8-9H2,1-3H3,(H,33,34)/t17-/m0/s1. The first kappa shape index (κ1) is 24.3. The number of hydrogen-bond acceptors (Lipinski definition) is 3. The fraction of sp³-hybridized carbons (Fsp3) is 0.241. The molecule has 1 atom stereocenters. The van der Waals surface area contributed by atoms with Gasteiger partial charge in [0.1, 0.15) is 23.0 Å². The van der Waals surface area contributed by atoms with Crippen LogP contribution in [-0.4, -0.2) is 11.1 Å². The van der Waals surface area contributed by atoms with Crippen molar-refractivity contribution in [3.05, 3.63) is 104 Å². The van der Waals surface area contributed by atoms with Gasteiger partial charge in [0.2, 0.25) is 0 Å². The normalized spacial score (nSPS) is 12.1. The van der Waals surface area contributed by atoms with Gasteiger partial charge in [0.15, 0.2) is 5.43 Å². The second-order valence-electron chi connectivity index (χ2n) is 8.97. The highest BCUT2D eigenvalue weighted by Crippen LogP contribution is 2.34. The van der Waals surface area contributed by atoms with Crippen LogP contribution in [0.1, 0.15) is 58.3 Å². The summed E-state index contributed by atoms with van der Waals surface area (Å²) in [6.07, 6.45) is 1.66. The van der Waals surface area contributed by atoms with Gasteiger partial charge in [0, 0.05) is 5.56 Å². The van der Waals surface area contributed by atoms with Crippen LogP contribution in [0.25, 0.3) is 22.3 Å². The van der Waals surface area contributed by atoms with E-state index in [1.165, 1.54) is 12.1 Å². The Balaban J connectivity index is 1.70. The van der Waals surface area contributed by atoms with E-state index in [-0.39, 0.29) is 28.2 Å².